The second-order valence-electron chi connectivity index (χ2n) is 4.20. The van der Waals surface area contributed by atoms with Crippen LogP contribution in [0.4, 0.5) is 0 Å². The van der Waals surface area contributed by atoms with Crippen LogP contribution < -0.4 is 15.8 Å². The van der Waals surface area contributed by atoms with Crippen LogP contribution >= 0.6 is 0 Å². The average molecular weight is 251 g/mol. The minimum Gasteiger partial charge on any atom is -0.481 e. The Morgan fingerprint density at radius 2 is 2.39 bits per heavy atom. The van der Waals surface area contributed by atoms with Gasteiger partial charge in [-0.15, -0.1) is 0 Å². The summed E-state index contributed by atoms with van der Waals surface area (Å²) in [6.45, 7) is 3.07. The summed E-state index contributed by atoms with van der Waals surface area (Å²) in [6.07, 6.45) is 3.07. The highest BCUT2D eigenvalue weighted by Crippen LogP contribution is 2.09. The molecule has 1 atom stereocenters. The Kier molecular flexibility index (Phi) is 6.14. The molecule has 100 valence electrons. The predicted octanol–water partition coefficient (Wildman–Crippen LogP) is 1.08. The molecule has 0 saturated heterocycles. The van der Waals surface area contributed by atoms with E-state index in [9.17, 15) is 4.79 Å². The van der Waals surface area contributed by atoms with Gasteiger partial charge in [0.1, 0.15) is 0 Å². The highest BCUT2D eigenvalue weighted by Gasteiger charge is 2.10. The Labute approximate surface area is 108 Å². The lowest BCUT2D eigenvalue weighted by molar-refractivity contribution is -0.122. The summed E-state index contributed by atoms with van der Waals surface area (Å²) in [5.41, 5.74) is 6.54. The number of amides is 1. The monoisotopic (exact) mass is 251 g/mol. The van der Waals surface area contributed by atoms with E-state index in [1.165, 1.54) is 0 Å². The molecule has 0 aliphatic heterocycles. The molecule has 1 unspecified atom stereocenters. The van der Waals surface area contributed by atoms with E-state index in [4.69, 9.17) is 10.5 Å². The van der Waals surface area contributed by atoms with Crippen molar-refractivity contribution in [2.24, 2.45) is 11.7 Å². The van der Waals surface area contributed by atoms with Gasteiger partial charge < -0.3 is 15.8 Å². The molecule has 0 bridgehead atoms. The molecular weight excluding hydrogens is 230 g/mol. The van der Waals surface area contributed by atoms with Crippen LogP contribution in [0.15, 0.2) is 18.3 Å². The zero-order valence-electron chi connectivity index (χ0n) is 11.0. The highest BCUT2D eigenvalue weighted by atomic mass is 16.5. The van der Waals surface area contributed by atoms with Gasteiger partial charge in [-0.25, -0.2) is 4.98 Å². The number of hydrogen-bond acceptors (Lipinski definition) is 4. The zero-order valence-corrected chi connectivity index (χ0v) is 11.0. The molecule has 0 aliphatic rings. The van der Waals surface area contributed by atoms with E-state index >= 15 is 0 Å². The summed E-state index contributed by atoms with van der Waals surface area (Å²) in [5.74, 6) is 0.843. The first-order valence-electron chi connectivity index (χ1n) is 6.15. The second kappa shape index (κ2) is 7.66. The summed E-state index contributed by atoms with van der Waals surface area (Å²) in [7, 11) is 1.57. The fraction of sp³-hybridized carbons (Fsp3) is 0.538. The predicted molar refractivity (Wildman–Crippen MR) is 70.1 cm³/mol. The largest absolute Gasteiger partial charge is 0.481 e. The number of pyridine rings is 1. The third-order valence-electron chi connectivity index (χ3n) is 2.88. The Hall–Kier alpha value is -1.62. The van der Waals surface area contributed by atoms with Gasteiger partial charge in [-0.2, -0.15) is 0 Å². The molecule has 18 heavy (non-hydrogen) atoms. The summed E-state index contributed by atoms with van der Waals surface area (Å²) in [5, 5.41) is 2.87. The maximum Gasteiger partial charge on any atom is 0.220 e. The normalized spacial score (nSPS) is 11.9. The molecule has 0 aliphatic carbocycles. The number of methoxy groups -OCH3 is 1. The quantitative estimate of drug-likeness (QED) is 0.760. The molecule has 1 aromatic rings. The van der Waals surface area contributed by atoms with E-state index in [0.29, 0.717) is 25.4 Å². The van der Waals surface area contributed by atoms with Crippen molar-refractivity contribution in [1.82, 2.24) is 10.3 Å². The SMILES string of the molecule is CCC(CN)CC(=O)NCc1ccnc(OC)c1. The number of nitrogens with one attached hydrogen (secondary N) is 1. The Balaban J connectivity index is 2.42. The van der Waals surface area contributed by atoms with Gasteiger partial charge in [0.2, 0.25) is 11.8 Å². The lowest BCUT2D eigenvalue weighted by atomic mass is 10.0. The number of carbonyl (C=O) groups excluding carboxylic acids is 1. The van der Waals surface area contributed by atoms with Crippen LogP contribution in [0.2, 0.25) is 0 Å². The van der Waals surface area contributed by atoms with Crippen molar-refractivity contribution in [1.29, 1.82) is 0 Å². The van der Waals surface area contributed by atoms with Gasteiger partial charge in [-0.05, 0) is 24.1 Å². The van der Waals surface area contributed by atoms with Gasteiger partial charge in [0.15, 0.2) is 0 Å². The molecule has 5 heteroatoms. The molecular formula is C13H21N3O2. The van der Waals surface area contributed by atoms with Crippen LogP contribution in [0.1, 0.15) is 25.3 Å². The van der Waals surface area contributed by atoms with Crippen molar-refractivity contribution in [3.8, 4) is 5.88 Å². The first-order chi connectivity index (χ1) is 8.69. The van der Waals surface area contributed by atoms with Gasteiger partial charge in [-0.1, -0.05) is 13.3 Å². The van der Waals surface area contributed by atoms with Gasteiger partial charge in [0.25, 0.3) is 0 Å². The third-order valence-corrected chi connectivity index (χ3v) is 2.88. The summed E-state index contributed by atoms with van der Waals surface area (Å²) < 4.78 is 5.02. The molecule has 0 spiro atoms. The lowest BCUT2D eigenvalue weighted by Crippen LogP contribution is -2.27. The van der Waals surface area contributed by atoms with Crippen molar-refractivity contribution >= 4 is 5.91 Å². The van der Waals surface area contributed by atoms with Gasteiger partial charge in [0, 0.05) is 25.2 Å². The van der Waals surface area contributed by atoms with Crippen LogP contribution in [-0.2, 0) is 11.3 Å². The summed E-state index contributed by atoms with van der Waals surface area (Å²) in [6, 6.07) is 3.66. The molecule has 3 N–H and O–H groups in total. The number of nitrogens with zero attached hydrogens (tertiary/aromatic N) is 1. The molecule has 1 heterocycles. The van der Waals surface area contributed by atoms with Crippen molar-refractivity contribution in [3.63, 3.8) is 0 Å². The van der Waals surface area contributed by atoms with E-state index in [1.807, 2.05) is 13.0 Å². The van der Waals surface area contributed by atoms with Crippen LogP contribution in [0, 0.1) is 5.92 Å². The van der Waals surface area contributed by atoms with E-state index < -0.39 is 0 Å². The molecule has 0 fully saturated rings. The number of carbonyl (C=O) groups is 1. The van der Waals surface area contributed by atoms with E-state index in [0.717, 1.165) is 12.0 Å². The smallest absolute Gasteiger partial charge is 0.220 e. The van der Waals surface area contributed by atoms with Crippen molar-refractivity contribution in [2.45, 2.75) is 26.3 Å². The van der Waals surface area contributed by atoms with Crippen LogP contribution in [-0.4, -0.2) is 24.5 Å². The van der Waals surface area contributed by atoms with Crippen LogP contribution in [0.5, 0.6) is 5.88 Å². The fourth-order valence-electron chi connectivity index (χ4n) is 1.60. The highest BCUT2D eigenvalue weighted by molar-refractivity contribution is 5.76. The standard InChI is InChI=1S/C13H21N3O2/c1-3-10(8-14)6-12(17)16-9-11-4-5-15-13(7-11)18-2/h4-5,7,10H,3,6,8-9,14H2,1-2H3,(H,16,17). The molecule has 1 amide bonds. The minimum absolute atomic E-state index is 0.0306. The van der Waals surface area contributed by atoms with Crippen LogP contribution in [0.25, 0.3) is 0 Å². The second-order valence-corrected chi connectivity index (χ2v) is 4.20. The number of aromatic nitrogens is 1. The van der Waals surface area contributed by atoms with Crippen molar-refractivity contribution < 1.29 is 9.53 Å². The Bertz CT molecular complexity index is 378. The number of rotatable bonds is 7. The minimum atomic E-state index is 0.0306. The summed E-state index contributed by atoms with van der Waals surface area (Å²) in [4.78, 5) is 15.7. The van der Waals surface area contributed by atoms with Crippen LogP contribution in [0.3, 0.4) is 0 Å². The molecule has 1 aromatic heterocycles. The molecule has 0 radical (unpaired) electrons. The zero-order chi connectivity index (χ0) is 13.4. The van der Waals surface area contributed by atoms with Gasteiger partial charge in [0.05, 0.1) is 7.11 Å². The number of nitrogens with two attached hydrogens (primary N) is 1. The van der Waals surface area contributed by atoms with E-state index in [1.54, 1.807) is 19.4 Å². The Morgan fingerprint density at radius 1 is 1.61 bits per heavy atom. The van der Waals surface area contributed by atoms with E-state index in [-0.39, 0.29) is 11.8 Å². The summed E-state index contributed by atoms with van der Waals surface area (Å²) >= 11 is 0. The maximum atomic E-state index is 11.7. The van der Waals surface area contributed by atoms with Crippen molar-refractivity contribution in [3.05, 3.63) is 23.9 Å². The first-order valence-corrected chi connectivity index (χ1v) is 6.15. The number of ether oxygens (including phenoxy) is 1. The average Bonchev–Trinajstić information content (AvgIpc) is 2.42. The molecule has 5 nitrogen and oxygen atoms in total. The van der Waals surface area contributed by atoms with E-state index in [2.05, 4.69) is 10.3 Å². The maximum absolute atomic E-state index is 11.7. The Morgan fingerprint density at radius 3 is 3.00 bits per heavy atom. The third kappa shape index (κ3) is 4.71. The van der Waals surface area contributed by atoms with Gasteiger partial charge >= 0.3 is 0 Å². The topological polar surface area (TPSA) is 77.2 Å². The molecule has 1 rings (SSSR count). The molecule has 0 aromatic carbocycles. The lowest BCUT2D eigenvalue weighted by Gasteiger charge is -2.12. The fourth-order valence-corrected chi connectivity index (χ4v) is 1.60. The van der Waals surface area contributed by atoms with Crippen molar-refractivity contribution in [2.75, 3.05) is 13.7 Å². The molecule has 0 saturated carbocycles. The first kappa shape index (κ1) is 14.4. The van der Waals surface area contributed by atoms with Gasteiger partial charge in [-0.3, -0.25) is 4.79 Å². The number of hydrogen-bond donors (Lipinski definition) is 2.